The van der Waals surface area contributed by atoms with E-state index in [-0.39, 0.29) is 10.9 Å². The van der Waals surface area contributed by atoms with Crippen LogP contribution in [0.3, 0.4) is 0 Å². The molecule has 1 saturated heterocycles. The van der Waals surface area contributed by atoms with Crippen LogP contribution < -0.4 is 5.32 Å². The summed E-state index contributed by atoms with van der Waals surface area (Å²) in [6.45, 7) is 3.43. The highest BCUT2D eigenvalue weighted by molar-refractivity contribution is 8.15. The molecule has 8 nitrogen and oxygen atoms in total. The van der Waals surface area contributed by atoms with Crippen LogP contribution in [0.2, 0.25) is 0 Å². The summed E-state index contributed by atoms with van der Waals surface area (Å²) in [5.41, 5.74) is 0. The van der Waals surface area contributed by atoms with E-state index >= 15 is 0 Å². The van der Waals surface area contributed by atoms with E-state index in [1.54, 1.807) is 13.8 Å². The van der Waals surface area contributed by atoms with Crippen LogP contribution in [-0.2, 0) is 19.5 Å². The number of sulfone groups is 1. The van der Waals surface area contributed by atoms with Crippen LogP contribution in [0.4, 0.5) is 4.79 Å². The number of nitrogens with one attached hydrogen (secondary N) is 1. The minimum atomic E-state index is -3.37. The highest BCUT2D eigenvalue weighted by Gasteiger charge is 2.31. The second-order valence-electron chi connectivity index (χ2n) is 4.28. The molecule has 0 spiro atoms. The van der Waals surface area contributed by atoms with Crippen LogP contribution in [0.25, 0.3) is 0 Å². The number of hydrogen-bond donors (Lipinski definition) is 1. The van der Waals surface area contributed by atoms with Gasteiger partial charge in [0.25, 0.3) is 5.91 Å². The Kier molecular flexibility index (Phi) is 5.81. The van der Waals surface area contributed by atoms with Crippen LogP contribution >= 0.6 is 11.8 Å². The maximum Gasteiger partial charge on any atom is 0.433 e. The summed E-state index contributed by atoms with van der Waals surface area (Å²) < 4.78 is 23.7. The molecule has 0 aromatic rings. The second kappa shape index (κ2) is 6.93. The molecule has 0 bridgehead atoms. The van der Waals surface area contributed by atoms with Gasteiger partial charge in [0.05, 0.1) is 5.25 Å². The number of amides is 2. The van der Waals surface area contributed by atoms with Crippen LogP contribution in [-0.4, -0.2) is 60.8 Å². The number of rotatable bonds is 4. The van der Waals surface area contributed by atoms with Gasteiger partial charge in [-0.25, -0.2) is 13.2 Å². The third-order valence-corrected chi connectivity index (χ3v) is 5.56. The fourth-order valence-electron chi connectivity index (χ4n) is 1.23. The van der Waals surface area contributed by atoms with Crippen molar-refractivity contribution in [2.45, 2.75) is 19.1 Å². The highest BCUT2D eigenvalue weighted by atomic mass is 32.2. The smallest absolute Gasteiger partial charge is 0.323 e. The molecule has 1 aliphatic heterocycles. The molecule has 114 valence electrons. The number of hydrogen-bond acceptors (Lipinski definition) is 7. The lowest BCUT2D eigenvalue weighted by atomic mass is 10.5. The molecular weight excluding hydrogens is 306 g/mol. The lowest BCUT2D eigenvalue weighted by Crippen LogP contribution is -2.45. The van der Waals surface area contributed by atoms with Gasteiger partial charge in [-0.15, -0.1) is 0 Å². The molecule has 0 atom stereocenters. The van der Waals surface area contributed by atoms with E-state index in [1.807, 2.05) is 0 Å². The molecular formula is C10H17N3O5S2. The molecule has 1 heterocycles. The highest BCUT2D eigenvalue weighted by Crippen LogP contribution is 2.17. The Morgan fingerprint density at radius 1 is 1.55 bits per heavy atom. The SMILES string of the molecule is CNC(=O)ON=C1SCCN(CS(=O)(=O)C(C)C)C1=O. The molecule has 10 heteroatoms. The Morgan fingerprint density at radius 2 is 2.20 bits per heavy atom. The van der Waals surface area contributed by atoms with E-state index in [4.69, 9.17) is 0 Å². The van der Waals surface area contributed by atoms with E-state index in [0.29, 0.717) is 12.3 Å². The molecule has 0 radical (unpaired) electrons. The van der Waals surface area contributed by atoms with Gasteiger partial charge in [-0.05, 0) is 13.8 Å². The molecule has 20 heavy (non-hydrogen) atoms. The first-order valence-corrected chi connectivity index (χ1v) is 8.58. The quantitative estimate of drug-likeness (QED) is 0.577. The number of nitrogens with zero attached hydrogens (tertiary/aromatic N) is 2. The van der Waals surface area contributed by atoms with Crippen molar-refractivity contribution in [2.24, 2.45) is 5.16 Å². The zero-order valence-corrected chi connectivity index (χ0v) is 13.1. The topological polar surface area (TPSA) is 105 Å². The fraction of sp³-hybridized carbons (Fsp3) is 0.700. The van der Waals surface area contributed by atoms with Crippen molar-refractivity contribution in [3.63, 3.8) is 0 Å². The molecule has 0 unspecified atom stereocenters. The van der Waals surface area contributed by atoms with Crippen LogP contribution in [0.1, 0.15) is 13.8 Å². The number of carbonyl (C=O) groups is 2. The standard InChI is InChI=1S/C10H17N3O5S2/c1-7(2)20(16,17)6-13-4-5-19-8(9(13)14)12-18-10(15)11-3/h7H,4-6H2,1-3H3,(H,11,15). The van der Waals surface area contributed by atoms with Crippen molar-refractivity contribution in [2.75, 3.05) is 25.2 Å². The molecule has 0 saturated carbocycles. The molecule has 0 aliphatic carbocycles. The number of oxime groups is 1. The summed E-state index contributed by atoms with van der Waals surface area (Å²) in [5, 5.41) is 5.04. The lowest BCUT2D eigenvalue weighted by molar-refractivity contribution is -0.123. The summed E-state index contributed by atoms with van der Waals surface area (Å²) in [7, 11) is -2.01. The summed E-state index contributed by atoms with van der Waals surface area (Å²) in [6.07, 6.45) is -0.794. The third kappa shape index (κ3) is 4.37. The zero-order valence-electron chi connectivity index (χ0n) is 11.5. The van der Waals surface area contributed by atoms with E-state index in [2.05, 4.69) is 15.3 Å². The molecule has 0 aromatic carbocycles. The second-order valence-corrected chi connectivity index (χ2v) is 7.89. The van der Waals surface area contributed by atoms with Crippen molar-refractivity contribution in [1.29, 1.82) is 0 Å². The van der Waals surface area contributed by atoms with Crippen LogP contribution in [0.15, 0.2) is 5.16 Å². The maximum absolute atomic E-state index is 12.0. The third-order valence-electron chi connectivity index (χ3n) is 2.54. The summed E-state index contributed by atoms with van der Waals surface area (Å²) in [5.74, 6) is -0.410. The first kappa shape index (κ1) is 16.8. The molecule has 1 rings (SSSR count). The average Bonchev–Trinajstić information content (AvgIpc) is 2.39. The number of thioether (sulfide) groups is 1. The van der Waals surface area contributed by atoms with Gasteiger partial charge in [0, 0.05) is 19.3 Å². The minimum Gasteiger partial charge on any atom is -0.323 e. The summed E-state index contributed by atoms with van der Waals surface area (Å²) >= 11 is 1.12. The van der Waals surface area contributed by atoms with Gasteiger partial charge in [-0.1, -0.05) is 16.9 Å². The molecule has 1 N–H and O–H groups in total. The fourth-order valence-corrected chi connectivity index (χ4v) is 3.06. The van der Waals surface area contributed by atoms with Crippen molar-refractivity contribution < 1.29 is 22.8 Å². The molecule has 0 aromatic heterocycles. The van der Waals surface area contributed by atoms with E-state index in [0.717, 1.165) is 11.8 Å². The van der Waals surface area contributed by atoms with Crippen LogP contribution in [0, 0.1) is 0 Å². The van der Waals surface area contributed by atoms with Crippen molar-refractivity contribution in [3.8, 4) is 0 Å². The van der Waals surface area contributed by atoms with Gasteiger partial charge in [-0.2, -0.15) is 0 Å². The van der Waals surface area contributed by atoms with E-state index in [9.17, 15) is 18.0 Å². The minimum absolute atomic E-state index is 0.0289. The Balaban J connectivity index is 2.77. The summed E-state index contributed by atoms with van der Waals surface area (Å²) in [4.78, 5) is 28.6. The van der Waals surface area contributed by atoms with Crippen molar-refractivity contribution in [1.82, 2.24) is 10.2 Å². The van der Waals surface area contributed by atoms with Gasteiger partial charge < -0.3 is 10.2 Å². The Labute approximate surface area is 121 Å². The maximum atomic E-state index is 12.0. The van der Waals surface area contributed by atoms with E-state index < -0.39 is 27.1 Å². The van der Waals surface area contributed by atoms with Crippen molar-refractivity contribution >= 4 is 38.6 Å². The zero-order chi connectivity index (χ0) is 15.3. The van der Waals surface area contributed by atoms with Gasteiger partial charge in [0.2, 0.25) is 5.04 Å². The Morgan fingerprint density at radius 3 is 2.75 bits per heavy atom. The molecule has 1 aliphatic rings. The molecule has 2 amide bonds. The monoisotopic (exact) mass is 323 g/mol. The van der Waals surface area contributed by atoms with Gasteiger partial charge in [0.15, 0.2) is 9.84 Å². The first-order valence-electron chi connectivity index (χ1n) is 5.88. The Hall–Kier alpha value is -1.29. The van der Waals surface area contributed by atoms with Gasteiger partial charge in [-0.3, -0.25) is 9.63 Å². The largest absolute Gasteiger partial charge is 0.433 e. The normalized spacial score (nSPS) is 18.5. The van der Waals surface area contributed by atoms with Gasteiger partial charge in [0.1, 0.15) is 5.88 Å². The number of carbonyl (C=O) groups excluding carboxylic acids is 2. The lowest BCUT2D eigenvalue weighted by Gasteiger charge is -2.27. The molecule has 1 fully saturated rings. The van der Waals surface area contributed by atoms with Gasteiger partial charge >= 0.3 is 6.09 Å². The Bertz CT molecular complexity index is 515. The van der Waals surface area contributed by atoms with Crippen molar-refractivity contribution in [3.05, 3.63) is 0 Å². The average molecular weight is 323 g/mol. The predicted molar refractivity (Wildman–Crippen MR) is 76.1 cm³/mol. The van der Waals surface area contributed by atoms with Crippen LogP contribution in [0.5, 0.6) is 0 Å². The predicted octanol–water partition coefficient (Wildman–Crippen LogP) is 0.0120. The first-order chi connectivity index (χ1) is 9.27. The summed E-state index contributed by atoms with van der Waals surface area (Å²) in [6, 6.07) is 0. The van der Waals surface area contributed by atoms with E-state index in [1.165, 1.54) is 11.9 Å².